The van der Waals surface area contributed by atoms with Gasteiger partial charge in [-0.25, -0.2) is 9.82 Å². The molecule has 1 unspecified atom stereocenters. The van der Waals surface area contributed by atoms with E-state index in [1.165, 1.54) is 12.1 Å². The van der Waals surface area contributed by atoms with E-state index in [0.717, 1.165) is 26.8 Å². The van der Waals surface area contributed by atoms with Crippen LogP contribution in [0.5, 0.6) is 0 Å². The number of hydrogen-bond acceptors (Lipinski definition) is 3. The van der Waals surface area contributed by atoms with Gasteiger partial charge in [-0.3, -0.25) is 5.84 Å². The van der Waals surface area contributed by atoms with Crippen molar-refractivity contribution < 1.29 is 8.81 Å². The van der Waals surface area contributed by atoms with Crippen molar-refractivity contribution >= 4 is 26.9 Å². The molecular weight excluding hydrogens is 335 g/mol. The Labute approximate surface area is 130 Å². The standard InChI is InChI=1S/C16H14BrFN2O/c17-13-3-1-2-11-9-15(21-16(11)13)14(20-19)8-10-4-6-12(18)7-5-10/h1-7,9,14,20H,8,19H2. The van der Waals surface area contributed by atoms with Crippen molar-refractivity contribution in [2.45, 2.75) is 12.5 Å². The van der Waals surface area contributed by atoms with Gasteiger partial charge in [-0.05, 0) is 52.2 Å². The van der Waals surface area contributed by atoms with Gasteiger partial charge in [0.1, 0.15) is 17.2 Å². The maximum Gasteiger partial charge on any atom is 0.148 e. The molecule has 1 aromatic heterocycles. The number of halogens is 2. The average Bonchev–Trinajstić information content (AvgIpc) is 2.92. The molecule has 0 spiro atoms. The molecular formula is C16H14BrFN2O. The fourth-order valence-corrected chi connectivity index (χ4v) is 2.78. The Bertz CT molecular complexity index is 755. The van der Waals surface area contributed by atoms with E-state index in [1.54, 1.807) is 12.1 Å². The molecule has 1 atom stereocenters. The second-order valence-electron chi connectivity index (χ2n) is 4.86. The van der Waals surface area contributed by atoms with Crippen LogP contribution in [0, 0.1) is 5.82 Å². The van der Waals surface area contributed by atoms with Crippen LogP contribution in [0.25, 0.3) is 11.0 Å². The first-order valence-corrected chi connectivity index (χ1v) is 7.35. The van der Waals surface area contributed by atoms with Gasteiger partial charge < -0.3 is 4.42 Å². The quantitative estimate of drug-likeness (QED) is 0.551. The first kappa shape index (κ1) is 14.3. The number of fused-ring (bicyclic) bond motifs is 1. The van der Waals surface area contributed by atoms with Crippen LogP contribution in [0.3, 0.4) is 0 Å². The lowest BCUT2D eigenvalue weighted by molar-refractivity contribution is 0.434. The average molecular weight is 349 g/mol. The topological polar surface area (TPSA) is 51.2 Å². The third kappa shape index (κ3) is 3.00. The molecule has 0 fully saturated rings. The number of furan rings is 1. The zero-order valence-corrected chi connectivity index (χ0v) is 12.7. The SMILES string of the molecule is NNC(Cc1ccc(F)cc1)c1cc2cccc(Br)c2o1. The van der Waals surface area contributed by atoms with Crippen molar-refractivity contribution in [1.29, 1.82) is 0 Å². The summed E-state index contributed by atoms with van der Waals surface area (Å²) in [5, 5.41) is 1.01. The molecule has 5 heteroatoms. The molecule has 0 aliphatic carbocycles. The molecule has 3 aromatic rings. The van der Waals surface area contributed by atoms with Crippen LogP contribution in [-0.4, -0.2) is 0 Å². The molecule has 108 valence electrons. The van der Waals surface area contributed by atoms with Gasteiger partial charge in [0.05, 0.1) is 10.5 Å². The lowest BCUT2D eigenvalue weighted by Crippen LogP contribution is -2.29. The largest absolute Gasteiger partial charge is 0.458 e. The molecule has 3 N–H and O–H groups in total. The minimum atomic E-state index is -0.247. The van der Waals surface area contributed by atoms with E-state index in [1.807, 2.05) is 24.3 Å². The Morgan fingerprint density at radius 1 is 1.19 bits per heavy atom. The summed E-state index contributed by atoms with van der Waals surface area (Å²) >= 11 is 3.47. The van der Waals surface area contributed by atoms with Crippen molar-refractivity contribution in [2.75, 3.05) is 0 Å². The van der Waals surface area contributed by atoms with Gasteiger partial charge in [0.15, 0.2) is 0 Å². The van der Waals surface area contributed by atoms with E-state index >= 15 is 0 Å². The van der Waals surface area contributed by atoms with Crippen LogP contribution < -0.4 is 11.3 Å². The summed E-state index contributed by atoms with van der Waals surface area (Å²) in [5.41, 5.74) is 4.54. The summed E-state index contributed by atoms with van der Waals surface area (Å²) in [4.78, 5) is 0. The number of rotatable bonds is 4. The van der Waals surface area contributed by atoms with Crippen LogP contribution >= 0.6 is 15.9 Å². The highest BCUT2D eigenvalue weighted by molar-refractivity contribution is 9.10. The second kappa shape index (κ2) is 5.97. The first-order valence-electron chi connectivity index (χ1n) is 6.56. The summed E-state index contributed by atoms with van der Waals surface area (Å²) in [6.45, 7) is 0. The predicted molar refractivity (Wildman–Crippen MR) is 84.1 cm³/mol. The Hall–Kier alpha value is -1.69. The summed E-state index contributed by atoms with van der Waals surface area (Å²) in [6, 6.07) is 14.0. The highest BCUT2D eigenvalue weighted by Gasteiger charge is 2.16. The van der Waals surface area contributed by atoms with E-state index in [0.29, 0.717) is 6.42 Å². The predicted octanol–water partition coefficient (Wildman–Crippen LogP) is 4.08. The first-order chi connectivity index (χ1) is 10.2. The summed E-state index contributed by atoms with van der Waals surface area (Å²) in [6.07, 6.45) is 0.619. The molecule has 21 heavy (non-hydrogen) atoms. The van der Waals surface area contributed by atoms with E-state index in [4.69, 9.17) is 10.3 Å². The highest BCUT2D eigenvalue weighted by Crippen LogP contribution is 2.30. The summed E-state index contributed by atoms with van der Waals surface area (Å²) in [7, 11) is 0. The van der Waals surface area contributed by atoms with Crippen molar-refractivity contribution in [3.05, 3.63) is 70.1 Å². The monoisotopic (exact) mass is 348 g/mol. The van der Waals surface area contributed by atoms with Crippen LogP contribution in [0.4, 0.5) is 4.39 Å². The maximum atomic E-state index is 12.9. The summed E-state index contributed by atoms with van der Waals surface area (Å²) in [5.74, 6) is 6.15. The maximum absolute atomic E-state index is 12.9. The second-order valence-corrected chi connectivity index (χ2v) is 5.71. The Morgan fingerprint density at radius 2 is 1.95 bits per heavy atom. The van der Waals surface area contributed by atoms with E-state index in [2.05, 4.69) is 21.4 Å². The molecule has 2 aromatic carbocycles. The van der Waals surface area contributed by atoms with E-state index in [9.17, 15) is 4.39 Å². The minimum absolute atomic E-state index is 0.172. The van der Waals surface area contributed by atoms with Gasteiger partial charge in [-0.1, -0.05) is 24.3 Å². The van der Waals surface area contributed by atoms with Gasteiger partial charge >= 0.3 is 0 Å². The van der Waals surface area contributed by atoms with Crippen molar-refractivity contribution in [2.24, 2.45) is 5.84 Å². The lowest BCUT2D eigenvalue weighted by Gasteiger charge is -2.13. The van der Waals surface area contributed by atoms with Crippen LogP contribution in [0.2, 0.25) is 0 Å². The van der Waals surface area contributed by atoms with E-state index < -0.39 is 0 Å². The number of para-hydroxylation sites is 1. The van der Waals surface area contributed by atoms with Gasteiger partial charge in [-0.2, -0.15) is 0 Å². The smallest absolute Gasteiger partial charge is 0.148 e. The third-order valence-corrected chi connectivity index (χ3v) is 4.04. The molecule has 0 bridgehead atoms. The fraction of sp³-hybridized carbons (Fsp3) is 0.125. The number of hydrogen-bond donors (Lipinski definition) is 2. The molecule has 0 radical (unpaired) electrons. The molecule has 3 nitrogen and oxygen atoms in total. The molecule has 1 heterocycles. The zero-order valence-electron chi connectivity index (χ0n) is 11.1. The van der Waals surface area contributed by atoms with Crippen molar-refractivity contribution in [1.82, 2.24) is 5.43 Å². The van der Waals surface area contributed by atoms with Gasteiger partial charge in [0.2, 0.25) is 0 Å². The van der Waals surface area contributed by atoms with E-state index in [-0.39, 0.29) is 11.9 Å². The van der Waals surface area contributed by atoms with Crippen LogP contribution in [0.15, 0.2) is 57.4 Å². The van der Waals surface area contributed by atoms with Gasteiger partial charge in [0, 0.05) is 5.39 Å². The molecule has 3 rings (SSSR count). The molecule has 0 aliphatic heterocycles. The Balaban J connectivity index is 1.90. The van der Waals surface area contributed by atoms with Crippen molar-refractivity contribution in [3.8, 4) is 0 Å². The van der Waals surface area contributed by atoms with Crippen LogP contribution in [-0.2, 0) is 6.42 Å². The van der Waals surface area contributed by atoms with Crippen molar-refractivity contribution in [3.63, 3.8) is 0 Å². The molecule has 0 aliphatic rings. The number of nitrogens with two attached hydrogens (primary N) is 1. The molecule has 0 saturated heterocycles. The third-order valence-electron chi connectivity index (χ3n) is 3.41. The number of hydrazine groups is 1. The highest BCUT2D eigenvalue weighted by atomic mass is 79.9. The van der Waals surface area contributed by atoms with Crippen LogP contribution in [0.1, 0.15) is 17.4 Å². The van der Waals surface area contributed by atoms with Gasteiger partial charge in [-0.15, -0.1) is 0 Å². The minimum Gasteiger partial charge on any atom is -0.458 e. The zero-order chi connectivity index (χ0) is 14.8. The number of benzene rings is 2. The molecule has 0 amide bonds. The normalized spacial score (nSPS) is 12.7. The summed E-state index contributed by atoms with van der Waals surface area (Å²) < 4.78 is 19.7. The lowest BCUT2D eigenvalue weighted by atomic mass is 10.0. The fourth-order valence-electron chi connectivity index (χ4n) is 2.32. The Kier molecular flexibility index (Phi) is 4.05. The molecule has 0 saturated carbocycles. The number of nitrogens with one attached hydrogen (secondary N) is 1. The Morgan fingerprint density at radius 3 is 2.62 bits per heavy atom. The van der Waals surface area contributed by atoms with Gasteiger partial charge in [0.25, 0.3) is 0 Å².